The normalized spacial score (nSPS) is 13.7. The van der Waals surface area contributed by atoms with Crippen LogP contribution in [-0.4, -0.2) is 25.3 Å². The van der Waals surface area contributed by atoms with E-state index in [4.69, 9.17) is 11.5 Å². The van der Waals surface area contributed by atoms with E-state index in [2.05, 4.69) is 23.3 Å². The molecule has 17 heavy (non-hydrogen) atoms. The highest BCUT2D eigenvalue weighted by atomic mass is 16.1. The predicted octanol–water partition coefficient (Wildman–Crippen LogP) is 0.679. The fourth-order valence-corrected chi connectivity index (χ4v) is 1.28. The first-order chi connectivity index (χ1) is 8.04. The van der Waals surface area contributed by atoms with Gasteiger partial charge in [0, 0.05) is 19.3 Å². The molecule has 0 aromatic rings. The van der Waals surface area contributed by atoms with Crippen LogP contribution >= 0.6 is 0 Å². The molecule has 1 amide bonds. The number of carbonyl (C=O) groups is 1. The van der Waals surface area contributed by atoms with Crippen LogP contribution < -0.4 is 16.8 Å². The zero-order valence-electron chi connectivity index (χ0n) is 10.8. The van der Waals surface area contributed by atoms with Gasteiger partial charge in [0.25, 0.3) is 5.91 Å². The second kappa shape index (κ2) is 8.38. The standard InChI is InChI=1S/C12H22N4O/c1-4-5-6-7-8-16-9(2)10(12(14)17)11(13)15-3/h6-7,16H,4-5,8H2,1-3H3,(H2,13,15)(H2,14,17)/b7-6-,10-9-. The Hall–Kier alpha value is -1.78. The maximum Gasteiger partial charge on any atom is 0.254 e. The maximum absolute atomic E-state index is 11.2. The van der Waals surface area contributed by atoms with Crippen LogP contribution in [0.3, 0.4) is 0 Å². The van der Waals surface area contributed by atoms with E-state index in [0.717, 1.165) is 12.8 Å². The van der Waals surface area contributed by atoms with Gasteiger partial charge >= 0.3 is 0 Å². The van der Waals surface area contributed by atoms with E-state index < -0.39 is 5.91 Å². The van der Waals surface area contributed by atoms with Crippen LogP contribution in [0.25, 0.3) is 0 Å². The lowest BCUT2D eigenvalue weighted by Crippen LogP contribution is -2.30. The third-order valence-corrected chi connectivity index (χ3v) is 2.23. The van der Waals surface area contributed by atoms with E-state index in [-0.39, 0.29) is 11.4 Å². The third-order valence-electron chi connectivity index (χ3n) is 2.23. The van der Waals surface area contributed by atoms with Crippen molar-refractivity contribution in [1.29, 1.82) is 0 Å². The first-order valence-corrected chi connectivity index (χ1v) is 5.66. The number of allylic oxidation sites excluding steroid dienone is 2. The van der Waals surface area contributed by atoms with Crippen molar-refractivity contribution in [2.75, 3.05) is 13.6 Å². The molecular weight excluding hydrogens is 216 g/mol. The molecule has 0 spiro atoms. The summed E-state index contributed by atoms with van der Waals surface area (Å²) in [4.78, 5) is 15.0. The summed E-state index contributed by atoms with van der Waals surface area (Å²) in [6, 6.07) is 0. The minimum absolute atomic E-state index is 0.153. The molecule has 0 bridgehead atoms. The molecule has 5 heteroatoms. The third kappa shape index (κ3) is 5.75. The Morgan fingerprint density at radius 3 is 2.47 bits per heavy atom. The molecule has 0 aromatic carbocycles. The number of unbranched alkanes of at least 4 members (excludes halogenated alkanes) is 1. The largest absolute Gasteiger partial charge is 0.384 e. The van der Waals surface area contributed by atoms with Gasteiger partial charge in [0.1, 0.15) is 5.84 Å². The summed E-state index contributed by atoms with van der Waals surface area (Å²) in [6.07, 6.45) is 6.26. The summed E-state index contributed by atoms with van der Waals surface area (Å²) in [5.41, 5.74) is 11.7. The molecule has 96 valence electrons. The summed E-state index contributed by atoms with van der Waals surface area (Å²) in [5.74, 6) is -0.421. The molecular formula is C12H22N4O. The molecule has 0 saturated carbocycles. The molecule has 5 N–H and O–H groups in total. The highest BCUT2D eigenvalue weighted by molar-refractivity contribution is 6.20. The van der Waals surface area contributed by atoms with Crippen molar-refractivity contribution in [3.05, 3.63) is 23.4 Å². The van der Waals surface area contributed by atoms with Gasteiger partial charge in [0.05, 0.1) is 5.57 Å². The summed E-state index contributed by atoms with van der Waals surface area (Å²) in [5, 5.41) is 3.07. The monoisotopic (exact) mass is 238 g/mol. The Morgan fingerprint density at radius 2 is 2.00 bits per heavy atom. The Labute approximate surface area is 103 Å². The maximum atomic E-state index is 11.2. The van der Waals surface area contributed by atoms with Crippen molar-refractivity contribution >= 4 is 11.7 Å². The fourth-order valence-electron chi connectivity index (χ4n) is 1.28. The van der Waals surface area contributed by atoms with Crippen molar-refractivity contribution in [3.8, 4) is 0 Å². The topological polar surface area (TPSA) is 93.5 Å². The molecule has 0 atom stereocenters. The smallest absolute Gasteiger partial charge is 0.254 e. The average Bonchev–Trinajstić information content (AvgIpc) is 2.28. The van der Waals surface area contributed by atoms with Crippen molar-refractivity contribution < 1.29 is 4.79 Å². The van der Waals surface area contributed by atoms with Crippen LogP contribution in [0.5, 0.6) is 0 Å². The van der Waals surface area contributed by atoms with E-state index >= 15 is 0 Å². The Balaban J connectivity index is 4.59. The van der Waals surface area contributed by atoms with Crippen LogP contribution in [0.2, 0.25) is 0 Å². The van der Waals surface area contributed by atoms with E-state index in [1.165, 1.54) is 7.05 Å². The van der Waals surface area contributed by atoms with Gasteiger partial charge < -0.3 is 16.8 Å². The highest BCUT2D eigenvalue weighted by Crippen LogP contribution is 2.00. The first-order valence-electron chi connectivity index (χ1n) is 5.66. The second-order valence-electron chi connectivity index (χ2n) is 3.61. The van der Waals surface area contributed by atoms with Crippen LogP contribution in [-0.2, 0) is 4.79 Å². The average molecular weight is 238 g/mol. The summed E-state index contributed by atoms with van der Waals surface area (Å²) in [6.45, 7) is 4.51. The molecule has 0 saturated heterocycles. The molecule has 0 rings (SSSR count). The molecule has 0 aliphatic heterocycles. The molecule has 0 radical (unpaired) electrons. The quantitative estimate of drug-likeness (QED) is 0.263. The van der Waals surface area contributed by atoms with Gasteiger partial charge in [-0.2, -0.15) is 0 Å². The van der Waals surface area contributed by atoms with E-state index in [0.29, 0.717) is 12.2 Å². The molecule has 0 aliphatic carbocycles. The van der Waals surface area contributed by atoms with Crippen LogP contribution in [0, 0.1) is 0 Å². The minimum atomic E-state index is -0.573. The fraction of sp³-hybridized carbons (Fsp3) is 0.500. The number of hydrogen-bond donors (Lipinski definition) is 3. The lowest BCUT2D eigenvalue weighted by Gasteiger charge is -2.09. The molecule has 0 fully saturated rings. The number of nitrogens with one attached hydrogen (secondary N) is 1. The van der Waals surface area contributed by atoms with E-state index in [1.807, 2.05) is 6.08 Å². The summed E-state index contributed by atoms with van der Waals surface area (Å²) >= 11 is 0. The number of aliphatic imine (C=N–C) groups is 1. The van der Waals surface area contributed by atoms with Gasteiger partial charge in [-0.3, -0.25) is 9.79 Å². The molecule has 0 heterocycles. The molecule has 0 aliphatic rings. The molecule has 0 unspecified atom stereocenters. The molecule has 0 aromatic heterocycles. The van der Waals surface area contributed by atoms with Crippen molar-refractivity contribution in [2.24, 2.45) is 16.5 Å². The number of amides is 1. The Bertz CT molecular complexity index is 342. The van der Waals surface area contributed by atoms with Gasteiger partial charge in [-0.1, -0.05) is 25.5 Å². The van der Waals surface area contributed by atoms with Crippen molar-refractivity contribution in [1.82, 2.24) is 5.32 Å². The van der Waals surface area contributed by atoms with Gasteiger partial charge in [-0.15, -0.1) is 0 Å². The number of nitrogens with two attached hydrogens (primary N) is 2. The Morgan fingerprint density at radius 1 is 1.35 bits per heavy atom. The number of carbonyl (C=O) groups excluding carboxylic acids is 1. The number of hydrogen-bond acceptors (Lipinski definition) is 3. The Kier molecular flexibility index (Phi) is 7.50. The SMILES string of the molecule is CCC/C=C\CN/C(C)=C(\C(N)=O)C(N)=NC. The van der Waals surface area contributed by atoms with E-state index in [9.17, 15) is 4.79 Å². The van der Waals surface area contributed by atoms with Gasteiger partial charge in [-0.05, 0) is 13.3 Å². The van der Waals surface area contributed by atoms with Gasteiger partial charge in [0.2, 0.25) is 0 Å². The van der Waals surface area contributed by atoms with Crippen molar-refractivity contribution in [3.63, 3.8) is 0 Å². The number of nitrogens with zero attached hydrogens (tertiary/aromatic N) is 1. The molecule has 5 nitrogen and oxygen atoms in total. The van der Waals surface area contributed by atoms with Crippen LogP contribution in [0.4, 0.5) is 0 Å². The minimum Gasteiger partial charge on any atom is -0.384 e. The lowest BCUT2D eigenvalue weighted by molar-refractivity contribution is -0.114. The van der Waals surface area contributed by atoms with Crippen LogP contribution in [0.15, 0.2) is 28.4 Å². The van der Waals surface area contributed by atoms with Gasteiger partial charge in [-0.25, -0.2) is 0 Å². The zero-order valence-corrected chi connectivity index (χ0v) is 10.8. The van der Waals surface area contributed by atoms with Crippen LogP contribution in [0.1, 0.15) is 26.7 Å². The number of primary amides is 1. The zero-order chi connectivity index (χ0) is 13.3. The van der Waals surface area contributed by atoms with Gasteiger partial charge in [0.15, 0.2) is 0 Å². The summed E-state index contributed by atoms with van der Waals surface area (Å²) in [7, 11) is 1.52. The summed E-state index contributed by atoms with van der Waals surface area (Å²) < 4.78 is 0. The highest BCUT2D eigenvalue weighted by Gasteiger charge is 2.12. The number of rotatable bonds is 7. The number of amidine groups is 1. The lowest BCUT2D eigenvalue weighted by atomic mass is 10.2. The predicted molar refractivity (Wildman–Crippen MR) is 71.5 cm³/mol. The van der Waals surface area contributed by atoms with Crippen molar-refractivity contribution in [2.45, 2.75) is 26.7 Å². The van der Waals surface area contributed by atoms with E-state index in [1.54, 1.807) is 6.92 Å². The first kappa shape index (κ1) is 15.2. The second-order valence-corrected chi connectivity index (χ2v) is 3.61.